The molecule has 0 bridgehead atoms. The van der Waals surface area contributed by atoms with E-state index in [0.29, 0.717) is 0 Å². The normalized spacial score (nSPS) is 10.1. The van der Waals surface area contributed by atoms with Gasteiger partial charge in [-0.05, 0) is 12.1 Å². The molecule has 0 aliphatic rings. The lowest BCUT2D eigenvalue weighted by Crippen LogP contribution is -2.08. The molecule has 6 heteroatoms. The number of carboxylic acids is 1. The quantitative estimate of drug-likeness (QED) is 0.780. The van der Waals surface area contributed by atoms with Crippen LogP contribution in [0.15, 0.2) is 12.1 Å². The SMILES string of the molecule is COCOc1ccc(F)c(C(=O)O)c1F. The number of hydrogen-bond donors (Lipinski definition) is 1. The van der Waals surface area contributed by atoms with Crippen molar-refractivity contribution in [2.24, 2.45) is 0 Å². The lowest BCUT2D eigenvalue weighted by Gasteiger charge is -2.07. The molecule has 15 heavy (non-hydrogen) atoms. The molecule has 0 spiro atoms. The Morgan fingerprint density at radius 1 is 1.47 bits per heavy atom. The minimum absolute atomic E-state index is 0.248. The van der Waals surface area contributed by atoms with Gasteiger partial charge in [-0.15, -0.1) is 0 Å². The third kappa shape index (κ3) is 2.41. The van der Waals surface area contributed by atoms with Gasteiger partial charge in [-0.2, -0.15) is 0 Å². The van der Waals surface area contributed by atoms with Crippen molar-refractivity contribution in [3.8, 4) is 5.75 Å². The van der Waals surface area contributed by atoms with Crippen LogP contribution >= 0.6 is 0 Å². The predicted molar refractivity (Wildman–Crippen MR) is 45.8 cm³/mol. The highest BCUT2D eigenvalue weighted by Crippen LogP contribution is 2.23. The molecule has 0 heterocycles. The largest absolute Gasteiger partial charge is 0.477 e. The fraction of sp³-hybridized carbons (Fsp3) is 0.222. The topological polar surface area (TPSA) is 55.8 Å². The summed E-state index contributed by atoms with van der Waals surface area (Å²) >= 11 is 0. The molecule has 0 amide bonds. The molecule has 1 rings (SSSR count). The molecule has 0 aliphatic carbocycles. The van der Waals surface area contributed by atoms with Crippen molar-refractivity contribution in [3.63, 3.8) is 0 Å². The number of rotatable bonds is 4. The van der Waals surface area contributed by atoms with Crippen LogP contribution in [0, 0.1) is 11.6 Å². The molecule has 1 N–H and O–H groups in total. The van der Waals surface area contributed by atoms with E-state index in [9.17, 15) is 13.6 Å². The van der Waals surface area contributed by atoms with Crippen LogP contribution in [0.2, 0.25) is 0 Å². The van der Waals surface area contributed by atoms with Crippen molar-refractivity contribution < 1.29 is 28.2 Å². The summed E-state index contributed by atoms with van der Waals surface area (Å²) in [6, 6.07) is 1.81. The highest BCUT2D eigenvalue weighted by atomic mass is 19.1. The number of carboxylic acid groups (broad SMARTS) is 1. The number of aromatic carboxylic acids is 1. The van der Waals surface area contributed by atoms with Gasteiger partial charge in [-0.1, -0.05) is 0 Å². The van der Waals surface area contributed by atoms with Crippen LogP contribution in [-0.4, -0.2) is 25.0 Å². The predicted octanol–water partition coefficient (Wildman–Crippen LogP) is 1.65. The molecule has 0 radical (unpaired) electrons. The molecule has 82 valence electrons. The van der Waals surface area contributed by atoms with Gasteiger partial charge in [0.25, 0.3) is 0 Å². The van der Waals surface area contributed by atoms with Crippen molar-refractivity contribution in [1.29, 1.82) is 0 Å². The number of ether oxygens (including phenoxy) is 2. The number of hydrogen-bond acceptors (Lipinski definition) is 3. The van der Waals surface area contributed by atoms with E-state index in [1.165, 1.54) is 7.11 Å². The van der Waals surface area contributed by atoms with E-state index in [4.69, 9.17) is 9.84 Å². The molecular weight excluding hydrogens is 210 g/mol. The van der Waals surface area contributed by atoms with Gasteiger partial charge in [0, 0.05) is 7.11 Å². The lowest BCUT2D eigenvalue weighted by atomic mass is 10.2. The van der Waals surface area contributed by atoms with Gasteiger partial charge in [-0.3, -0.25) is 0 Å². The first-order valence-electron chi connectivity index (χ1n) is 3.91. The molecule has 4 nitrogen and oxygen atoms in total. The number of methoxy groups -OCH3 is 1. The second-order valence-corrected chi connectivity index (χ2v) is 2.59. The molecule has 0 saturated carbocycles. The van der Waals surface area contributed by atoms with Crippen molar-refractivity contribution >= 4 is 5.97 Å². The van der Waals surface area contributed by atoms with Gasteiger partial charge >= 0.3 is 5.97 Å². The zero-order valence-corrected chi connectivity index (χ0v) is 7.79. The van der Waals surface area contributed by atoms with Crippen LogP contribution in [0.4, 0.5) is 8.78 Å². The number of carbonyl (C=O) groups is 1. The zero-order valence-electron chi connectivity index (χ0n) is 7.79. The smallest absolute Gasteiger partial charge is 0.341 e. The van der Waals surface area contributed by atoms with E-state index in [0.717, 1.165) is 12.1 Å². The van der Waals surface area contributed by atoms with Gasteiger partial charge in [0.15, 0.2) is 18.4 Å². The summed E-state index contributed by atoms with van der Waals surface area (Å²) in [6.45, 7) is -0.248. The summed E-state index contributed by atoms with van der Waals surface area (Å²) in [5, 5.41) is 8.53. The Morgan fingerprint density at radius 2 is 2.13 bits per heavy atom. The van der Waals surface area contributed by atoms with E-state index in [1.54, 1.807) is 0 Å². The fourth-order valence-electron chi connectivity index (χ4n) is 0.963. The maximum absolute atomic E-state index is 13.3. The van der Waals surface area contributed by atoms with Crippen molar-refractivity contribution in [1.82, 2.24) is 0 Å². The Bertz CT molecular complexity index is 379. The van der Waals surface area contributed by atoms with Gasteiger partial charge in [-0.25, -0.2) is 13.6 Å². The Hall–Kier alpha value is -1.69. The molecule has 0 unspecified atom stereocenters. The Labute approximate surface area is 84.0 Å². The molecule has 0 aromatic heterocycles. The summed E-state index contributed by atoms with van der Waals surface area (Å²) < 4.78 is 35.4. The van der Waals surface area contributed by atoms with E-state index in [-0.39, 0.29) is 12.5 Å². The van der Waals surface area contributed by atoms with Crippen molar-refractivity contribution in [2.45, 2.75) is 0 Å². The van der Waals surface area contributed by atoms with Crippen LogP contribution in [-0.2, 0) is 4.74 Å². The summed E-state index contributed by atoms with van der Waals surface area (Å²) in [5.41, 5.74) is -1.04. The standard InChI is InChI=1S/C9H8F2O4/c1-14-4-15-6-3-2-5(10)7(8(6)11)9(12)13/h2-3H,4H2,1H3,(H,12,13). The first kappa shape index (κ1) is 11.4. The first-order chi connectivity index (χ1) is 7.07. The summed E-state index contributed by atoms with van der Waals surface area (Å²) in [4.78, 5) is 10.5. The van der Waals surface area contributed by atoms with E-state index < -0.39 is 23.2 Å². The molecule has 1 aromatic carbocycles. The second-order valence-electron chi connectivity index (χ2n) is 2.59. The lowest BCUT2D eigenvalue weighted by molar-refractivity contribution is 0.0474. The van der Waals surface area contributed by atoms with Crippen molar-refractivity contribution in [2.75, 3.05) is 13.9 Å². The highest BCUT2D eigenvalue weighted by molar-refractivity contribution is 5.88. The van der Waals surface area contributed by atoms with Crippen LogP contribution < -0.4 is 4.74 Å². The summed E-state index contributed by atoms with van der Waals surface area (Å²) in [5.74, 6) is -4.45. The average Bonchev–Trinajstić information content (AvgIpc) is 2.16. The highest BCUT2D eigenvalue weighted by Gasteiger charge is 2.20. The molecule has 1 aromatic rings. The van der Waals surface area contributed by atoms with Crippen LogP contribution in [0.5, 0.6) is 5.75 Å². The van der Waals surface area contributed by atoms with E-state index in [1.807, 2.05) is 0 Å². The maximum Gasteiger partial charge on any atom is 0.341 e. The monoisotopic (exact) mass is 218 g/mol. The summed E-state index contributed by atoms with van der Waals surface area (Å²) in [7, 11) is 1.32. The van der Waals surface area contributed by atoms with E-state index >= 15 is 0 Å². The Balaban J connectivity index is 3.11. The number of benzene rings is 1. The minimum atomic E-state index is -1.69. The zero-order chi connectivity index (χ0) is 11.4. The molecule has 0 fully saturated rings. The third-order valence-electron chi connectivity index (χ3n) is 1.60. The maximum atomic E-state index is 13.3. The molecule has 0 saturated heterocycles. The van der Waals surface area contributed by atoms with Crippen LogP contribution in [0.25, 0.3) is 0 Å². The average molecular weight is 218 g/mol. The summed E-state index contributed by atoms with van der Waals surface area (Å²) in [6.07, 6.45) is 0. The van der Waals surface area contributed by atoms with Gasteiger partial charge in [0.2, 0.25) is 0 Å². The number of halogens is 2. The second kappa shape index (κ2) is 4.70. The Morgan fingerprint density at radius 3 is 2.67 bits per heavy atom. The van der Waals surface area contributed by atoms with Crippen LogP contribution in [0.3, 0.4) is 0 Å². The molecular formula is C9H8F2O4. The third-order valence-corrected chi connectivity index (χ3v) is 1.60. The fourth-order valence-corrected chi connectivity index (χ4v) is 0.963. The van der Waals surface area contributed by atoms with Gasteiger partial charge in [0.05, 0.1) is 0 Å². The molecule has 0 aliphatic heterocycles. The van der Waals surface area contributed by atoms with Crippen LogP contribution in [0.1, 0.15) is 10.4 Å². The van der Waals surface area contributed by atoms with E-state index in [2.05, 4.69) is 4.74 Å². The Kier molecular flexibility index (Phi) is 3.56. The first-order valence-corrected chi connectivity index (χ1v) is 3.91. The van der Waals surface area contributed by atoms with Gasteiger partial charge < -0.3 is 14.6 Å². The molecule has 0 atom stereocenters. The van der Waals surface area contributed by atoms with Gasteiger partial charge in [0.1, 0.15) is 11.4 Å². The minimum Gasteiger partial charge on any atom is -0.477 e. The van der Waals surface area contributed by atoms with Crippen molar-refractivity contribution in [3.05, 3.63) is 29.3 Å².